The van der Waals surface area contributed by atoms with Crippen LogP contribution in [0.4, 0.5) is 22.0 Å². The lowest BCUT2D eigenvalue weighted by Crippen LogP contribution is -2.39. The van der Waals surface area contributed by atoms with Crippen LogP contribution in [0.25, 0.3) is 0 Å². The van der Waals surface area contributed by atoms with Crippen LogP contribution in [-0.4, -0.2) is 24.1 Å². The van der Waals surface area contributed by atoms with E-state index < -0.39 is 46.6 Å². The molecule has 1 fully saturated rings. The molecule has 2 amide bonds. The first-order chi connectivity index (χ1) is 10.3. The number of halogens is 5. The number of carbonyl (C=O) groups excluding carboxylic acids is 2. The molecule has 1 aromatic carbocycles. The van der Waals surface area contributed by atoms with Gasteiger partial charge in [-0.25, -0.2) is 27.4 Å². The molecule has 1 aliphatic rings. The van der Waals surface area contributed by atoms with Crippen LogP contribution in [0.1, 0.15) is 18.4 Å². The fourth-order valence-corrected chi connectivity index (χ4v) is 1.78. The van der Waals surface area contributed by atoms with Gasteiger partial charge in [0.25, 0.3) is 5.91 Å². The van der Waals surface area contributed by atoms with Crippen LogP contribution in [0.2, 0.25) is 0 Å². The minimum Gasteiger partial charge on any atom is -0.344 e. The van der Waals surface area contributed by atoms with Crippen molar-refractivity contribution in [2.24, 2.45) is 5.10 Å². The summed E-state index contributed by atoms with van der Waals surface area (Å²) in [5.74, 6) is -11.8. The summed E-state index contributed by atoms with van der Waals surface area (Å²) in [7, 11) is 0. The molecule has 1 aromatic rings. The normalized spacial score (nSPS) is 17.9. The molecule has 1 unspecified atom stereocenters. The maximum Gasteiger partial charge on any atom is 0.262 e. The highest BCUT2D eigenvalue weighted by Crippen LogP contribution is 2.21. The average molecular weight is 321 g/mol. The van der Waals surface area contributed by atoms with Gasteiger partial charge in [-0.15, -0.1) is 0 Å². The Kier molecular flexibility index (Phi) is 4.38. The van der Waals surface area contributed by atoms with E-state index in [1.807, 2.05) is 5.43 Å². The van der Waals surface area contributed by atoms with E-state index in [0.717, 1.165) is 0 Å². The van der Waals surface area contributed by atoms with Crippen LogP contribution < -0.4 is 10.7 Å². The number of carbonyl (C=O) groups is 2. The zero-order chi connectivity index (χ0) is 16.4. The first kappa shape index (κ1) is 15.9. The van der Waals surface area contributed by atoms with E-state index in [2.05, 4.69) is 10.4 Å². The van der Waals surface area contributed by atoms with E-state index >= 15 is 0 Å². The molecule has 1 heterocycles. The Bertz CT molecular complexity index is 648. The van der Waals surface area contributed by atoms with Gasteiger partial charge < -0.3 is 5.32 Å². The van der Waals surface area contributed by atoms with Crippen LogP contribution in [0.3, 0.4) is 0 Å². The van der Waals surface area contributed by atoms with Crippen molar-refractivity contribution in [3.05, 3.63) is 34.6 Å². The summed E-state index contributed by atoms with van der Waals surface area (Å²) in [6.45, 7) is 0. The number of hydrazone groups is 1. The predicted octanol–water partition coefficient (Wildman–Crippen LogP) is 1.11. The molecular formula is C12H8F5N3O2. The van der Waals surface area contributed by atoms with Crippen molar-refractivity contribution in [1.29, 1.82) is 0 Å². The summed E-state index contributed by atoms with van der Waals surface area (Å²) in [4.78, 5) is 22.4. The maximum absolute atomic E-state index is 13.3. The molecule has 0 radical (unpaired) electrons. The Morgan fingerprint density at radius 2 is 1.64 bits per heavy atom. The van der Waals surface area contributed by atoms with Crippen LogP contribution in [-0.2, 0) is 9.59 Å². The van der Waals surface area contributed by atoms with Crippen LogP contribution in [0, 0.1) is 29.1 Å². The molecule has 0 spiro atoms. The van der Waals surface area contributed by atoms with E-state index in [4.69, 9.17) is 0 Å². The summed E-state index contributed by atoms with van der Waals surface area (Å²) in [6.07, 6.45) is 0.646. The Labute approximate surface area is 120 Å². The molecule has 0 aliphatic carbocycles. The first-order valence-electron chi connectivity index (χ1n) is 5.96. The molecule has 1 saturated heterocycles. The van der Waals surface area contributed by atoms with E-state index in [1.54, 1.807) is 0 Å². The maximum atomic E-state index is 13.3. The molecule has 2 N–H and O–H groups in total. The minimum absolute atomic E-state index is 0.138. The Morgan fingerprint density at radius 3 is 2.14 bits per heavy atom. The largest absolute Gasteiger partial charge is 0.344 e. The molecule has 5 nitrogen and oxygen atoms in total. The minimum atomic E-state index is -2.29. The monoisotopic (exact) mass is 321 g/mol. The highest BCUT2D eigenvalue weighted by molar-refractivity contribution is 5.91. The van der Waals surface area contributed by atoms with E-state index in [0.29, 0.717) is 6.21 Å². The average Bonchev–Trinajstić information content (AvgIpc) is 2.93. The highest BCUT2D eigenvalue weighted by atomic mass is 19.2. The molecule has 10 heteroatoms. The molecule has 0 saturated carbocycles. The number of nitrogens with one attached hydrogen (secondary N) is 2. The lowest BCUT2D eigenvalue weighted by atomic mass is 10.2. The molecule has 2 rings (SSSR count). The van der Waals surface area contributed by atoms with Gasteiger partial charge in [-0.05, 0) is 6.42 Å². The summed E-state index contributed by atoms with van der Waals surface area (Å²) < 4.78 is 65.2. The fourth-order valence-electron chi connectivity index (χ4n) is 1.78. The van der Waals surface area contributed by atoms with Crippen molar-refractivity contribution in [3.63, 3.8) is 0 Å². The Hall–Kier alpha value is -2.52. The molecular weight excluding hydrogens is 313 g/mol. The summed E-state index contributed by atoms with van der Waals surface area (Å²) in [6, 6.07) is -0.860. The molecule has 118 valence electrons. The van der Waals surface area contributed by atoms with E-state index in [9.17, 15) is 31.5 Å². The van der Waals surface area contributed by atoms with Gasteiger partial charge in [0.15, 0.2) is 23.3 Å². The standard InChI is InChI=1S/C12H8F5N3O2/c13-7-4(8(14)10(16)11(17)9(7)15)3-18-20-12(22)5-1-2-6(21)19-5/h3,5H,1-2H2,(H,19,21)(H,20,22)/b18-3+. The summed E-state index contributed by atoms with van der Waals surface area (Å²) in [5, 5.41) is 5.44. The van der Waals surface area contributed by atoms with Crippen LogP contribution >= 0.6 is 0 Å². The number of amides is 2. The quantitative estimate of drug-likeness (QED) is 0.288. The van der Waals surface area contributed by atoms with Gasteiger partial charge in [0.2, 0.25) is 11.7 Å². The number of benzene rings is 1. The van der Waals surface area contributed by atoms with Gasteiger partial charge in [0.1, 0.15) is 6.04 Å². The van der Waals surface area contributed by atoms with Gasteiger partial charge in [0, 0.05) is 6.42 Å². The molecule has 1 atom stereocenters. The Morgan fingerprint density at radius 1 is 1.09 bits per heavy atom. The fraction of sp³-hybridized carbons (Fsp3) is 0.250. The number of hydrogen-bond donors (Lipinski definition) is 2. The zero-order valence-electron chi connectivity index (χ0n) is 10.7. The van der Waals surface area contributed by atoms with Gasteiger partial charge in [-0.3, -0.25) is 9.59 Å². The van der Waals surface area contributed by atoms with E-state index in [1.165, 1.54) is 0 Å². The second kappa shape index (κ2) is 6.08. The first-order valence-corrected chi connectivity index (χ1v) is 5.96. The SMILES string of the molecule is O=C1CCC(C(=O)N/N=C/c2c(F)c(F)c(F)c(F)c2F)N1. The molecule has 0 aromatic heterocycles. The van der Waals surface area contributed by atoms with E-state index in [-0.39, 0.29) is 18.7 Å². The number of rotatable bonds is 3. The third kappa shape index (κ3) is 2.90. The number of nitrogens with zero attached hydrogens (tertiary/aromatic N) is 1. The van der Waals surface area contributed by atoms with Crippen molar-refractivity contribution in [2.45, 2.75) is 18.9 Å². The topological polar surface area (TPSA) is 70.6 Å². The van der Waals surface area contributed by atoms with Gasteiger partial charge >= 0.3 is 0 Å². The summed E-state index contributed by atoms with van der Waals surface area (Å²) in [5.41, 5.74) is 0.560. The van der Waals surface area contributed by atoms with Gasteiger partial charge in [-0.1, -0.05) is 0 Å². The van der Waals surface area contributed by atoms with Gasteiger partial charge in [-0.2, -0.15) is 5.10 Å². The lowest BCUT2D eigenvalue weighted by Gasteiger charge is -2.07. The zero-order valence-corrected chi connectivity index (χ0v) is 10.7. The second-order valence-corrected chi connectivity index (χ2v) is 4.38. The third-order valence-corrected chi connectivity index (χ3v) is 2.92. The second-order valence-electron chi connectivity index (χ2n) is 4.38. The lowest BCUT2D eigenvalue weighted by molar-refractivity contribution is -0.125. The van der Waals surface area contributed by atoms with Crippen molar-refractivity contribution >= 4 is 18.0 Å². The van der Waals surface area contributed by atoms with Gasteiger partial charge in [0.05, 0.1) is 11.8 Å². The molecule has 0 bridgehead atoms. The number of hydrogen-bond acceptors (Lipinski definition) is 3. The van der Waals surface area contributed by atoms with Crippen molar-refractivity contribution in [2.75, 3.05) is 0 Å². The van der Waals surface area contributed by atoms with Crippen LogP contribution in [0.15, 0.2) is 5.10 Å². The summed E-state index contributed by atoms with van der Waals surface area (Å²) >= 11 is 0. The van der Waals surface area contributed by atoms with Crippen molar-refractivity contribution in [3.8, 4) is 0 Å². The third-order valence-electron chi connectivity index (χ3n) is 2.92. The van der Waals surface area contributed by atoms with Crippen molar-refractivity contribution < 1.29 is 31.5 Å². The Balaban J connectivity index is 2.14. The van der Waals surface area contributed by atoms with Crippen molar-refractivity contribution in [1.82, 2.24) is 10.7 Å². The predicted molar refractivity (Wildman–Crippen MR) is 63.1 cm³/mol. The highest BCUT2D eigenvalue weighted by Gasteiger charge is 2.27. The molecule has 22 heavy (non-hydrogen) atoms. The smallest absolute Gasteiger partial charge is 0.262 e. The molecule has 1 aliphatic heterocycles. The van der Waals surface area contributed by atoms with Crippen LogP contribution in [0.5, 0.6) is 0 Å².